The van der Waals surface area contributed by atoms with Gasteiger partial charge in [0.25, 0.3) is 0 Å². The molecule has 9 atom stereocenters. The van der Waals surface area contributed by atoms with E-state index < -0.39 is 5.97 Å². The second-order valence-corrected chi connectivity index (χ2v) is 13.4. The van der Waals surface area contributed by atoms with Gasteiger partial charge in [-0.25, -0.2) is 4.79 Å². The number of carbonyl (C=O) groups is 1. The first-order chi connectivity index (χ1) is 15.5. The second kappa shape index (κ2) is 7.97. The Labute approximate surface area is 201 Å². The number of aliphatic hydroxyl groups excluding tert-OH is 1. The summed E-state index contributed by atoms with van der Waals surface area (Å²) >= 11 is 0. The fourth-order valence-corrected chi connectivity index (χ4v) is 10.5. The van der Waals surface area contributed by atoms with Gasteiger partial charge in [0.1, 0.15) is 0 Å². The zero-order chi connectivity index (χ0) is 23.8. The van der Waals surface area contributed by atoms with Crippen molar-refractivity contribution in [1.29, 1.82) is 0 Å². The maximum absolute atomic E-state index is 11.5. The van der Waals surface area contributed by atoms with Gasteiger partial charge in [0.05, 0.1) is 6.10 Å². The normalized spacial score (nSPS) is 49.5. The molecule has 4 fully saturated rings. The molecule has 5 aliphatic carbocycles. The number of carboxylic acids is 1. The Hall–Kier alpha value is -1.09. The van der Waals surface area contributed by atoms with Crippen LogP contribution in [0.2, 0.25) is 0 Å². The predicted octanol–water partition coefficient (Wildman–Crippen LogP) is 7.01. The molecule has 5 rings (SSSR count). The van der Waals surface area contributed by atoms with E-state index >= 15 is 0 Å². The van der Waals surface area contributed by atoms with Gasteiger partial charge in [0, 0.05) is 11.5 Å². The van der Waals surface area contributed by atoms with Gasteiger partial charge in [0.2, 0.25) is 0 Å². The minimum atomic E-state index is -0.806. The Morgan fingerprint density at radius 2 is 1.64 bits per heavy atom. The van der Waals surface area contributed by atoms with Crippen LogP contribution in [0.1, 0.15) is 98.8 Å². The molecule has 33 heavy (non-hydrogen) atoms. The molecule has 0 bridgehead atoms. The molecule has 5 aliphatic rings. The van der Waals surface area contributed by atoms with Crippen LogP contribution in [0.4, 0.5) is 0 Å². The van der Waals surface area contributed by atoms with Gasteiger partial charge >= 0.3 is 5.97 Å². The first-order valence-electron chi connectivity index (χ1n) is 13.9. The van der Waals surface area contributed by atoms with Crippen LogP contribution in [-0.4, -0.2) is 22.3 Å². The Kier molecular flexibility index (Phi) is 5.71. The summed E-state index contributed by atoms with van der Waals surface area (Å²) in [6, 6.07) is 0. The number of allylic oxidation sites excluding steroid dienone is 3. The lowest BCUT2D eigenvalue weighted by Gasteiger charge is -2.67. The van der Waals surface area contributed by atoms with E-state index in [0.717, 1.165) is 37.5 Å². The van der Waals surface area contributed by atoms with Crippen molar-refractivity contribution in [2.24, 2.45) is 51.8 Å². The first-order valence-corrected chi connectivity index (χ1v) is 13.9. The summed E-state index contributed by atoms with van der Waals surface area (Å²) < 4.78 is 0. The van der Waals surface area contributed by atoms with Gasteiger partial charge in [-0.2, -0.15) is 0 Å². The van der Waals surface area contributed by atoms with E-state index in [1.807, 2.05) is 0 Å². The smallest absolute Gasteiger partial charge is 0.328 e. The number of fused-ring (bicyclic) bond motifs is 7. The van der Waals surface area contributed by atoms with Crippen molar-refractivity contribution < 1.29 is 15.0 Å². The van der Waals surface area contributed by atoms with Crippen LogP contribution in [0, 0.1) is 51.8 Å². The van der Waals surface area contributed by atoms with Gasteiger partial charge < -0.3 is 10.2 Å². The van der Waals surface area contributed by atoms with E-state index in [-0.39, 0.29) is 11.5 Å². The molecule has 0 aromatic carbocycles. The van der Waals surface area contributed by atoms with E-state index in [1.165, 1.54) is 44.6 Å². The molecular weight excluding hydrogens is 408 g/mol. The van der Waals surface area contributed by atoms with Crippen LogP contribution >= 0.6 is 0 Å². The number of hydrogen-bond donors (Lipinski definition) is 2. The molecule has 0 aliphatic heterocycles. The molecule has 0 radical (unpaired) electrons. The largest absolute Gasteiger partial charge is 0.478 e. The van der Waals surface area contributed by atoms with Crippen molar-refractivity contribution >= 4 is 5.97 Å². The average molecular weight is 455 g/mol. The number of aliphatic hydroxyl groups is 1. The predicted molar refractivity (Wildman–Crippen MR) is 133 cm³/mol. The van der Waals surface area contributed by atoms with Crippen LogP contribution in [0.3, 0.4) is 0 Å². The lowest BCUT2D eigenvalue weighted by atomic mass is 9.38. The Balaban J connectivity index is 1.52. The quantitative estimate of drug-likeness (QED) is 0.356. The number of carboxylic acid groups (broad SMARTS) is 1. The lowest BCUT2D eigenvalue weighted by molar-refractivity contribution is -0.177. The highest BCUT2D eigenvalue weighted by molar-refractivity contribution is 5.80. The van der Waals surface area contributed by atoms with Gasteiger partial charge in [-0.1, -0.05) is 51.8 Å². The van der Waals surface area contributed by atoms with Gasteiger partial charge in [-0.05, 0) is 111 Å². The van der Waals surface area contributed by atoms with E-state index in [1.54, 1.807) is 11.1 Å². The lowest BCUT2D eigenvalue weighted by Crippen LogP contribution is -2.60. The maximum Gasteiger partial charge on any atom is 0.328 e. The van der Waals surface area contributed by atoms with Crippen LogP contribution < -0.4 is 0 Å². The molecule has 0 spiro atoms. The van der Waals surface area contributed by atoms with Crippen LogP contribution in [0.25, 0.3) is 0 Å². The van der Waals surface area contributed by atoms with Crippen molar-refractivity contribution in [3.8, 4) is 0 Å². The zero-order valence-corrected chi connectivity index (χ0v) is 21.6. The summed E-state index contributed by atoms with van der Waals surface area (Å²) in [6.07, 6.45) is 15.4. The Bertz CT molecular complexity index is 870. The van der Waals surface area contributed by atoms with Crippen molar-refractivity contribution in [1.82, 2.24) is 0 Å². The minimum Gasteiger partial charge on any atom is -0.478 e. The molecule has 0 aromatic heterocycles. The highest BCUT2D eigenvalue weighted by Gasteiger charge is 2.63. The molecular formula is C30H46O3. The van der Waals surface area contributed by atoms with Gasteiger partial charge in [-0.15, -0.1) is 0 Å². The standard InChI is InChI=1S/C30H46O3/c1-18(2)20-8-15-30(17-12-26(32)33)16-10-23-21(27(20)30)6-7-25-28(4)14-11-24(31)19(3)22(28)9-13-29(23,25)5/h12,17-19,21-25,31H,6-11,13-16H2,1-5H3,(H,32,33)/b17-12+. The molecule has 3 nitrogen and oxygen atoms in total. The fourth-order valence-electron chi connectivity index (χ4n) is 10.5. The molecule has 2 N–H and O–H groups in total. The molecule has 0 aromatic rings. The highest BCUT2D eigenvalue weighted by Crippen LogP contribution is 2.71. The summed E-state index contributed by atoms with van der Waals surface area (Å²) in [5.74, 6) is 2.95. The number of aliphatic carboxylic acids is 1. The summed E-state index contributed by atoms with van der Waals surface area (Å²) in [5.41, 5.74) is 4.05. The third-order valence-electron chi connectivity index (χ3n) is 12.0. The average Bonchev–Trinajstić information content (AvgIpc) is 3.16. The Morgan fingerprint density at radius 3 is 2.33 bits per heavy atom. The summed E-state index contributed by atoms with van der Waals surface area (Å²) in [5, 5.41) is 20.0. The van der Waals surface area contributed by atoms with Crippen LogP contribution in [0.15, 0.2) is 23.3 Å². The van der Waals surface area contributed by atoms with Gasteiger partial charge in [0.15, 0.2) is 0 Å². The van der Waals surface area contributed by atoms with Crippen molar-refractivity contribution in [3.63, 3.8) is 0 Å². The van der Waals surface area contributed by atoms with Crippen molar-refractivity contribution in [2.75, 3.05) is 0 Å². The third kappa shape index (κ3) is 3.34. The van der Waals surface area contributed by atoms with Crippen LogP contribution in [-0.2, 0) is 4.79 Å². The zero-order valence-electron chi connectivity index (χ0n) is 21.6. The fraction of sp³-hybridized carbons (Fsp3) is 0.833. The second-order valence-electron chi connectivity index (χ2n) is 13.4. The van der Waals surface area contributed by atoms with Crippen LogP contribution in [0.5, 0.6) is 0 Å². The topological polar surface area (TPSA) is 57.5 Å². The first kappa shape index (κ1) is 23.6. The molecule has 9 unspecified atom stereocenters. The van der Waals surface area contributed by atoms with Crippen molar-refractivity contribution in [3.05, 3.63) is 23.3 Å². The SMILES string of the molecule is CC(C)C1=C2C3CCC4C(C)(CCC5C(C)C(O)CCC54C)C3CCC2(/C=C/C(=O)O)CC1. The van der Waals surface area contributed by atoms with Gasteiger partial charge in [-0.3, -0.25) is 0 Å². The maximum atomic E-state index is 11.5. The molecule has 4 saturated carbocycles. The number of rotatable bonds is 3. The molecule has 184 valence electrons. The van der Waals surface area contributed by atoms with E-state index in [9.17, 15) is 15.0 Å². The molecule has 0 saturated heterocycles. The third-order valence-corrected chi connectivity index (χ3v) is 12.0. The summed E-state index contributed by atoms with van der Waals surface area (Å²) in [7, 11) is 0. The Morgan fingerprint density at radius 1 is 0.970 bits per heavy atom. The highest BCUT2D eigenvalue weighted by atomic mass is 16.4. The van der Waals surface area contributed by atoms with E-state index in [2.05, 4.69) is 40.7 Å². The molecule has 3 heteroatoms. The van der Waals surface area contributed by atoms with E-state index in [0.29, 0.717) is 34.5 Å². The molecule has 0 amide bonds. The summed E-state index contributed by atoms with van der Waals surface area (Å²) in [6.45, 7) is 12.2. The van der Waals surface area contributed by atoms with E-state index in [4.69, 9.17) is 0 Å². The number of hydrogen-bond acceptors (Lipinski definition) is 2. The summed E-state index contributed by atoms with van der Waals surface area (Å²) in [4.78, 5) is 11.5. The van der Waals surface area contributed by atoms with Crippen molar-refractivity contribution in [2.45, 2.75) is 105 Å². The monoisotopic (exact) mass is 454 g/mol. The minimum absolute atomic E-state index is 0.00702. The molecule has 0 heterocycles.